The van der Waals surface area contributed by atoms with Gasteiger partial charge in [-0.2, -0.15) is 0 Å². The molecule has 0 bridgehead atoms. The highest BCUT2D eigenvalue weighted by atomic mass is 19.1. The summed E-state index contributed by atoms with van der Waals surface area (Å²) in [5.74, 6) is -1.13. The Bertz CT molecular complexity index is 807. The van der Waals surface area contributed by atoms with Gasteiger partial charge in [0.15, 0.2) is 0 Å². The van der Waals surface area contributed by atoms with Crippen molar-refractivity contribution in [2.45, 2.75) is 12.8 Å². The zero-order valence-corrected chi connectivity index (χ0v) is 12.4. The van der Waals surface area contributed by atoms with E-state index in [2.05, 4.69) is 0 Å². The minimum Gasteiger partial charge on any atom is -0.481 e. The summed E-state index contributed by atoms with van der Waals surface area (Å²) in [6.45, 7) is 0. The van der Waals surface area contributed by atoms with Gasteiger partial charge in [-0.15, -0.1) is 0 Å². The third-order valence-corrected chi connectivity index (χ3v) is 3.71. The second-order valence-corrected chi connectivity index (χ2v) is 5.28. The Kier molecular flexibility index (Phi) is 4.24. The first-order chi connectivity index (χ1) is 11.1. The third kappa shape index (κ3) is 3.31. The maximum Gasteiger partial charge on any atom is 0.303 e. The van der Waals surface area contributed by atoms with Crippen LogP contribution in [0, 0.1) is 5.82 Å². The molecule has 1 aromatic heterocycles. The van der Waals surface area contributed by atoms with Crippen LogP contribution in [0.25, 0.3) is 16.9 Å². The van der Waals surface area contributed by atoms with Crippen molar-refractivity contribution in [3.05, 3.63) is 78.2 Å². The second kappa shape index (κ2) is 6.48. The fourth-order valence-corrected chi connectivity index (χ4v) is 2.64. The normalized spacial score (nSPS) is 10.7. The number of hydrogen-bond acceptors (Lipinski definition) is 1. The molecule has 0 spiro atoms. The first-order valence-electron chi connectivity index (χ1n) is 7.39. The van der Waals surface area contributed by atoms with Gasteiger partial charge in [-0.05, 0) is 48.4 Å². The smallest absolute Gasteiger partial charge is 0.303 e. The van der Waals surface area contributed by atoms with Gasteiger partial charge in [0.05, 0.1) is 12.1 Å². The summed E-state index contributed by atoms with van der Waals surface area (Å²) in [4.78, 5) is 10.9. The van der Waals surface area contributed by atoms with Gasteiger partial charge < -0.3 is 9.67 Å². The Hall–Kier alpha value is -2.88. The summed E-state index contributed by atoms with van der Waals surface area (Å²) < 4.78 is 15.2. The minimum absolute atomic E-state index is 0.0550. The van der Waals surface area contributed by atoms with E-state index in [0.29, 0.717) is 6.42 Å². The van der Waals surface area contributed by atoms with Crippen molar-refractivity contribution in [2.24, 2.45) is 0 Å². The first-order valence-corrected chi connectivity index (χ1v) is 7.39. The van der Waals surface area contributed by atoms with Gasteiger partial charge in [0, 0.05) is 11.4 Å². The van der Waals surface area contributed by atoms with Gasteiger partial charge in [-0.1, -0.05) is 30.3 Å². The number of aromatic nitrogens is 1. The monoisotopic (exact) mass is 309 g/mol. The number of nitrogens with zero attached hydrogens (tertiary/aromatic N) is 1. The molecule has 0 unspecified atom stereocenters. The molecule has 0 radical (unpaired) electrons. The van der Waals surface area contributed by atoms with Gasteiger partial charge in [-0.25, -0.2) is 4.39 Å². The molecule has 4 heteroatoms. The summed E-state index contributed by atoms with van der Waals surface area (Å²) in [6.07, 6.45) is 0.471. The summed E-state index contributed by atoms with van der Waals surface area (Å²) in [6, 6.07) is 20.0. The lowest BCUT2D eigenvalue weighted by atomic mass is 10.1. The van der Waals surface area contributed by atoms with Crippen LogP contribution in [0.15, 0.2) is 66.7 Å². The number of carboxylic acid groups (broad SMARTS) is 1. The van der Waals surface area contributed by atoms with Crippen molar-refractivity contribution in [1.29, 1.82) is 0 Å². The molecule has 0 fully saturated rings. The molecule has 3 nitrogen and oxygen atoms in total. The Labute approximate surface area is 133 Å². The van der Waals surface area contributed by atoms with Crippen LogP contribution in [-0.4, -0.2) is 15.6 Å². The van der Waals surface area contributed by atoms with E-state index in [9.17, 15) is 9.18 Å². The molecule has 0 aliphatic carbocycles. The molecule has 0 aliphatic heterocycles. The zero-order chi connectivity index (χ0) is 16.2. The van der Waals surface area contributed by atoms with Crippen molar-refractivity contribution in [1.82, 2.24) is 4.57 Å². The van der Waals surface area contributed by atoms with Crippen LogP contribution in [0.1, 0.15) is 12.1 Å². The minimum atomic E-state index is -0.835. The third-order valence-electron chi connectivity index (χ3n) is 3.71. The zero-order valence-electron chi connectivity index (χ0n) is 12.4. The average molecular weight is 309 g/mol. The maximum atomic E-state index is 13.2. The van der Waals surface area contributed by atoms with E-state index in [1.165, 1.54) is 12.1 Å². The lowest BCUT2D eigenvalue weighted by Gasteiger charge is -2.14. The van der Waals surface area contributed by atoms with E-state index < -0.39 is 5.97 Å². The highest BCUT2D eigenvalue weighted by Gasteiger charge is 2.13. The average Bonchev–Trinajstić information content (AvgIpc) is 2.98. The summed E-state index contributed by atoms with van der Waals surface area (Å²) in [5, 5.41) is 8.94. The Morgan fingerprint density at radius 3 is 2.30 bits per heavy atom. The predicted octanol–water partition coefficient (Wildman–Crippen LogP) is 4.30. The van der Waals surface area contributed by atoms with Crippen LogP contribution in [0.3, 0.4) is 0 Å². The summed E-state index contributed by atoms with van der Waals surface area (Å²) in [5.41, 5.74) is 3.68. The second-order valence-electron chi connectivity index (χ2n) is 5.28. The standard InChI is InChI=1S/C19H16FNO2/c20-15-6-8-16(9-7-15)21-17(11-13-19(22)23)10-12-18(21)14-4-2-1-3-5-14/h1-10,12H,11,13H2,(H,22,23). The van der Waals surface area contributed by atoms with Gasteiger partial charge in [0.1, 0.15) is 5.82 Å². The van der Waals surface area contributed by atoms with Crippen molar-refractivity contribution in [3.8, 4) is 16.9 Å². The Morgan fingerprint density at radius 1 is 0.957 bits per heavy atom. The lowest BCUT2D eigenvalue weighted by Crippen LogP contribution is -2.05. The summed E-state index contributed by atoms with van der Waals surface area (Å²) in [7, 11) is 0. The van der Waals surface area contributed by atoms with Crippen LogP contribution in [-0.2, 0) is 11.2 Å². The molecule has 1 N–H and O–H groups in total. The van der Waals surface area contributed by atoms with Crippen molar-refractivity contribution in [2.75, 3.05) is 0 Å². The SMILES string of the molecule is O=C(O)CCc1ccc(-c2ccccc2)n1-c1ccc(F)cc1. The molecule has 23 heavy (non-hydrogen) atoms. The van der Waals surface area contributed by atoms with Gasteiger partial charge in [0.2, 0.25) is 0 Å². The Balaban J connectivity index is 2.10. The van der Waals surface area contributed by atoms with E-state index >= 15 is 0 Å². The molecular weight excluding hydrogens is 293 g/mol. The maximum absolute atomic E-state index is 13.2. The lowest BCUT2D eigenvalue weighted by molar-refractivity contribution is -0.136. The van der Waals surface area contributed by atoms with Crippen molar-refractivity contribution in [3.63, 3.8) is 0 Å². The molecule has 0 saturated heterocycles. The van der Waals surface area contributed by atoms with Crippen LogP contribution in [0.2, 0.25) is 0 Å². The number of hydrogen-bond donors (Lipinski definition) is 1. The number of benzene rings is 2. The molecule has 2 aromatic carbocycles. The molecular formula is C19H16FNO2. The number of carboxylic acids is 1. The first kappa shape index (κ1) is 15.0. The number of rotatable bonds is 5. The number of carbonyl (C=O) groups is 1. The number of aliphatic carboxylic acids is 1. The fraction of sp³-hybridized carbons (Fsp3) is 0.105. The van der Waals surface area contributed by atoms with Crippen LogP contribution >= 0.6 is 0 Å². The van der Waals surface area contributed by atoms with E-state index in [0.717, 1.165) is 22.6 Å². The number of aryl methyl sites for hydroxylation is 1. The van der Waals surface area contributed by atoms with Crippen LogP contribution in [0.5, 0.6) is 0 Å². The molecule has 0 amide bonds. The van der Waals surface area contributed by atoms with E-state index in [4.69, 9.17) is 5.11 Å². The molecule has 1 heterocycles. The quantitative estimate of drug-likeness (QED) is 0.763. The van der Waals surface area contributed by atoms with Crippen LogP contribution < -0.4 is 0 Å². The topological polar surface area (TPSA) is 42.2 Å². The van der Waals surface area contributed by atoms with E-state index in [1.807, 2.05) is 47.0 Å². The molecule has 0 saturated carbocycles. The van der Waals surface area contributed by atoms with Gasteiger partial charge in [0.25, 0.3) is 0 Å². The van der Waals surface area contributed by atoms with Crippen molar-refractivity contribution < 1.29 is 14.3 Å². The summed E-state index contributed by atoms with van der Waals surface area (Å²) >= 11 is 0. The van der Waals surface area contributed by atoms with Gasteiger partial charge >= 0.3 is 5.97 Å². The highest BCUT2D eigenvalue weighted by molar-refractivity contribution is 5.68. The van der Waals surface area contributed by atoms with Crippen molar-refractivity contribution >= 4 is 5.97 Å². The van der Waals surface area contributed by atoms with E-state index in [-0.39, 0.29) is 12.2 Å². The van der Waals surface area contributed by atoms with Gasteiger partial charge in [-0.3, -0.25) is 4.79 Å². The molecule has 3 aromatic rings. The molecule has 0 atom stereocenters. The highest BCUT2D eigenvalue weighted by Crippen LogP contribution is 2.27. The largest absolute Gasteiger partial charge is 0.481 e. The molecule has 116 valence electrons. The molecule has 3 rings (SSSR count). The van der Waals surface area contributed by atoms with E-state index in [1.54, 1.807) is 12.1 Å². The predicted molar refractivity (Wildman–Crippen MR) is 87.1 cm³/mol. The molecule has 0 aliphatic rings. The van der Waals surface area contributed by atoms with Crippen LogP contribution in [0.4, 0.5) is 4.39 Å². The fourth-order valence-electron chi connectivity index (χ4n) is 2.64. The number of halogens is 1. The Morgan fingerprint density at radius 2 is 1.65 bits per heavy atom.